The van der Waals surface area contributed by atoms with Crippen molar-refractivity contribution >= 4 is 23.0 Å². The number of amides is 1. The van der Waals surface area contributed by atoms with Crippen LogP contribution in [0.3, 0.4) is 0 Å². The van der Waals surface area contributed by atoms with Crippen molar-refractivity contribution in [2.45, 2.75) is 52.6 Å². The normalized spacial score (nSPS) is 11.2. The second-order valence-corrected chi connectivity index (χ2v) is 10.6. The van der Waals surface area contributed by atoms with E-state index in [-0.39, 0.29) is 19.6 Å². The maximum Gasteiger partial charge on any atom is 0.407 e. The molecule has 0 aliphatic carbocycles. The molecule has 0 saturated heterocycles. The van der Waals surface area contributed by atoms with E-state index in [1.807, 2.05) is 63.2 Å². The van der Waals surface area contributed by atoms with Crippen molar-refractivity contribution in [1.82, 2.24) is 5.32 Å². The topological polar surface area (TPSA) is 131 Å². The second kappa shape index (κ2) is 12.6. The summed E-state index contributed by atoms with van der Waals surface area (Å²) in [6.45, 7) is 6.15. The van der Waals surface area contributed by atoms with Gasteiger partial charge in [0.2, 0.25) is 0 Å². The minimum atomic E-state index is -0.992. The molecule has 2 N–H and O–H groups in total. The first-order chi connectivity index (χ1) is 19.5. The zero-order valence-corrected chi connectivity index (χ0v) is 23.4. The number of nitriles is 1. The number of carbonyl (C=O) groups excluding carboxylic acids is 1. The van der Waals surface area contributed by atoms with Crippen molar-refractivity contribution in [3.05, 3.63) is 88.7 Å². The number of hydrogen-bond acceptors (Lipinski definition) is 7. The van der Waals surface area contributed by atoms with E-state index < -0.39 is 17.7 Å². The molecule has 1 heterocycles. The molecule has 4 aromatic rings. The molecule has 0 spiro atoms. The number of carbonyl (C=O) groups is 2. The van der Waals surface area contributed by atoms with Gasteiger partial charge in [0.05, 0.1) is 18.1 Å². The number of furan rings is 1. The summed E-state index contributed by atoms with van der Waals surface area (Å²) in [5.74, 6) is 0.0129. The van der Waals surface area contributed by atoms with Crippen LogP contribution < -0.4 is 10.1 Å². The maximum absolute atomic E-state index is 12.2. The van der Waals surface area contributed by atoms with Crippen LogP contribution in [0.1, 0.15) is 48.8 Å². The molecule has 0 unspecified atom stereocenters. The van der Waals surface area contributed by atoms with E-state index in [9.17, 15) is 20.0 Å². The van der Waals surface area contributed by atoms with Gasteiger partial charge in [-0.3, -0.25) is 4.79 Å². The highest BCUT2D eigenvalue weighted by atomic mass is 16.6. The first-order valence-electron chi connectivity index (χ1n) is 13.0. The average molecular weight is 557 g/mol. The van der Waals surface area contributed by atoms with Crippen LogP contribution in [0, 0.1) is 11.3 Å². The average Bonchev–Trinajstić information content (AvgIpc) is 3.32. The molecule has 0 aliphatic heterocycles. The standard InChI is InChI=1S/C32H32N2O7/c1-32(2,3)41-31(37)34-17-21-6-5-7-23(10-21)27-12-22(11-25-14-26(19-38-4)40-30(25)27)18-39-28-13-20(16-33)8-9-24(28)15-29(35)36/h5-14H,15,17-19H2,1-4H3,(H,34,37)(H,35,36). The Labute approximate surface area is 238 Å². The van der Waals surface area contributed by atoms with Crippen LogP contribution in [0.5, 0.6) is 5.75 Å². The molecule has 0 fully saturated rings. The molecular formula is C32H32N2O7. The van der Waals surface area contributed by atoms with Gasteiger partial charge in [-0.05, 0) is 73.9 Å². The van der Waals surface area contributed by atoms with Crippen molar-refractivity contribution < 1.29 is 33.3 Å². The van der Waals surface area contributed by atoms with E-state index in [0.29, 0.717) is 34.8 Å². The van der Waals surface area contributed by atoms with Crippen molar-refractivity contribution in [2.75, 3.05) is 7.11 Å². The highest BCUT2D eigenvalue weighted by Crippen LogP contribution is 2.34. The van der Waals surface area contributed by atoms with Gasteiger partial charge in [-0.15, -0.1) is 0 Å². The Hall–Kier alpha value is -4.81. The first-order valence-corrected chi connectivity index (χ1v) is 13.0. The minimum absolute atomic E-state index is 0.134. The van der Waals surface area contributed by atoms with Gasteiger partial charge in [-0.25, -0.2) is 4.79 Å². The largest absolute Gasteiger partial charge is 0.489 e. The fourth-order valence-electron chi connectivity index (χ4n) is 4.35. The lowest BCUT2D eigenvalue weighted by molar-refractivity contribution is -0.136. The van der Waals surface area contributed by atoms with E-state index in [1.54, 1.807) is 25.3 Å². The second-order valence-electron chi connectivity index (χ2n) is 10.6. The number of hydrogen-bond donors (Lipinski definition) is 2. The highest BCUT2D eigenvalue weighted by molar-refractivity contribution is 5.93. The SMILES string of the molecule is COCc1cc2cc(COc3cc(C#N)ccc3CC(=O)O)cc(-c3cccc(CNC(=O)OC(C)(C)C)c3)c2o1. The number of benzene rings is 3. The number of rotatable bonds is 10. The summed E-state index contributed by atoms with van der Waals surface area (Å²) in [7, 11) is 1.60. The first kappa shape index (κ1) is 29.2. The lowest BCUT2D eigenvalue weighted by Crippen LogP contribution is -2.32. The van der Waals surface area contributed by atoms with Crippen molar-refractivity contribution in [3.63, 3.8) is 0 Å². The Bertz CT molecular complexity index is 1610. The van der Waals surface area contributed by atoms with Gasteiger partial charge in [0.1, 0.15) is 35.9 Å². The molecular weight excluding hydrogens is 524 g/mol. The van der Waals surface area contributed by atoms with Crippen LogP contribution >= 0.6 is 0 Å². The number of alkyl carbamates (subject to hydrolysis) is 1. The molecule has 0 saturated carbocycles. The quantitative estimate of drug-likeness (QED) is 0.231. The van der Waals surface area contributed by atoms with Gasteiger partial charge in [0, 0.05) is 30.2 Å². The number of aliphatic carboxylic acids is 1. The molecule has 41 heavy (non-hydrogen) atoms. The molecule has 0 radical (unpaired) electrons. The summed E-state index contributed by atoms with van der Waals surface area (Å²) in [5.41, 5.74) is 4.32. The van der Waals surface area contributed by atoms with Crippen LogP contribution in [-0.2, 0) is 40.4 Å². The van der Waals surface area contributed by atoms with Crippen molar-refractivity contribution in [1.29, 1.82) is 5.26 Å². The predicted octanol–water partition coefficient (Wildman–Crippen LogP) is 6.35. The fraction of sp³-hybridized carbons (Fsp3) is 0.281. The van der Waals surface area contributed by atoms with E-state index in [1.165, 1.54) is 0 Å². The van der Waals surface area contributed by atoms with Crippen molar-refractivity contribution in [2.24, 2.45) is 0 Å². The molecule has 9 nitrogen and oxygen atoms in total. The molecule has 3 aromatic carbocycles. The Morgan fingerprint density at radius 3 is 2.54 bits per heavy atom. The maximum atomic E-state index is 12.2. The number of ether oxygens (including phenoxy) is 3. The van der Waals surface area contributed by atoms with Gasteiger partial charge >= 0.3 is 12.1 Å². The highest BCUT2D eigenvalue weighted by Gasteiger charge is 2.17. The van der Waals surface area contributed by atoms with E-state index in [4.69, 9.17) is 18.6 Å². The molecule has 9 heteroatoms. The summed E-state index contributed by atoms with van der Waals surface area (Å²) < 4.78 is 22.8. The van der Waals surface area contributed by atoms with Crippen LogP contribution in [0.2, 0.25) is 0 Å². The zero-order valence-electron chi connectivity index (χ0n) is 23.4. The molecule has 1 amide bonds. The van der Waals surface area contributed by atoms with Gasteiger partial charge in [-0.1, -0.05) is 24.3 Å². The molecule has 1 aromatic heterocycles. The number of nitrogens with one attached hydrogen (secondary N) is 1. The van der Waals surface area contributed by atoms with E-state index in [2.05, 4.69) is 11.4 Å². The summed E-state index contributed by atoms with van der Waals surface area (Å²) in [6, 6.07) is 20.3. The summed E-state index contributed by atoms with van der Waals surface area (Å²) >= 11 is 0. The lowest BCUT2D eigenvalue weighted by atomic mass is 9.99. The zero-order chi connectivity index (χ0) is 29.6. The smallest absolute Gasteiger partial charge is 0.407 e. The van der Waals surface area contributed by atoms with Crippen LogP contribution in [0.4, 0.5) is 4.79 Å². The predicted molar refractivity (Wildman–Crippen MR) is 152 cm³/mol. The van der Waals surface area contributed by atoms with E-state index >= 15 is 0 Å². The number of nitrogens with zero attached hydrogens (tertiary/aromatic N) is 1. The molecule has 0 aliphatic rings. The fourth-order valence-corrected chi connectivity index (χ4v) is 4.35. The van der Waals surface area contributed by atoms with E-state index in [0.717, 1.165) is 27.6 Å². The summed E-state index contributed by atoms with van der Waals surface area (Å²) in [5, 5.41) is 22.2. The number of carboxylic acids is 1. The van der Waals surface area contributed by atoms with Crippen LogP contribution in [0.25, 0.3) is 22.1 Å². The van der Waals surface area contributed by atoms with Gasteiger partial charge < -0.3 is 29.1 Å². The van der Waals surface area contributed by atoms with Crippen LogP contribution in [0.15, 0.2) is 65.1 Å². The lowest BCUT2D eigenvalue weighted by Gasteiger charge is -2.19. The number of methoxy groups -OCH3 is 1. The van der Waals surface area contributed by atoms with Crippen LogP contribution in [-0.4, -0.2) is 29.9 Å². The molecule has 4 rings (SSSR count). The molecule has 212 valence electrons. The Morgan fingerprint density at radius 2 is 1.83 bits per heavy atom. The minimum Gasteiger partial charge on any atom is -0.489 e. The third-order valence-electron chi connectivity index (χ3n) is 6.02. The Balaban J connectivity index is 1.66. The monoisotopic (exact) mass is 556 g/mol. The number of fused-ring (bicyclic) bond motifs is 1. The third-order valence-corrected chi connectivity index (χ3v) is 6.02. The Morgan fingerprint density at radius 1 is 1.02 bits per heavy atom. The van der Waals surface area contributed by atoms with Gasteiger partial charge in [-0.2, -0.15) is 5.26 Å². The third kappa shape index (κ3) is 7.87. The number of carboxylic acid groups (broad SMARTS) is 1. The Kier molecular flexibility index (Phi) is 8.95. The van der Waals surface area contributed by atoms with Gasteiger partial charge in [0.25, 0.3) is 0 Å². The van der Waals surface area contributed by atoms with Crippen molar-refractivity contribution in [3.8, 4) is 22.9 Å². The molecule has 0 bridgehead atoms. The summed E-state index contributed by atoms with van der Waals surface area (Å²) in [4.78, 5) is 23.5. The molecule has 0 atom stereocenters. The summed E-state index contributed by atoms with van der Waals surface area (Å²) in [6.07, 6.45) is -0.722. The van der Waals surface area contributed by atoms with Gasteiger partial charge in [0.15, 0.2) is 0 Å².